The molecule has 0 amide bonds. The second-order valence-corrected chi connectivity index (χ2v) is 3.57. The van der Waals surface area contributed by atoms with Gasteiger partial charge in [0.2, 0.25) is 0 Å². The third-order valence-electron chi connectivity index (χ3n) is 2.23. The van der Waals surface area contributed by atoms with Crippen LogP contribution in [0.25, 0.3) is 0 Å². The molecule has 0 bridgehead atoms. The molecule has 21 heavy (non-hydrogen) atoms. The summed E-state index contributed by atoms with van der Waals surface area (Å²) in [5, 5.41) is 0. The summed E-state index contributed by atoms with van der Waals surface area (Å²) in [6.45, 7) is -0.818. The van der Waals surface area contributed by atoms with Gasteiger partial charge in [0.05, 0.1) is 18.9 Å². The van der Waals surface area contributed by atoms with Crippen molar-refractivity contribution in [1.29, 1.82) is 0 Å². The Morgan fingerprint density at radius 3 is 2.24 bits per heavy atom. The summed E-state index contributed by atoms with van der Waals surface area (Å²) in [6, 6.07) is 0. The number of hydrogen-bond donors (Lipinski definition) is 1. The molecular weight excluding hydrogens is 310 g/mol. The number of pyridine rings is 1. The molecule has 0 fully saturated rings. The van der Waals surface area contributed by atoms with Crippen LogP contribution in [0.3, 0.4) is 0 Å². The van der Waals surface area contributed by atoms with E-state index in [9.17, 15) is 31.1 Å². The first-order valence-corrected chi connectivity index (χ1v) is 5.14. The second-order valence-electron chi connectivity index (χ2n) is 3.57. The lowest BCUT2D eigenvalue weighted by atomic mass is 10.0. The molecule has 5 nitrogen and oxygen atoms in total. The van der Waals surface area contributed by atoms with Crippen LogP contribution in [0.4, 0.5) is 26.3 Å². The van der Waals surface area contributed by atoms with Gasteiger partial charge < -0.3 is 15.2 Å². The van der Waals surface area contributed by atoms with Gasteiger partial charge >= 0.3 is 18.5 Å². The number of halogens is 6. The predicted octanol–water partition coefficient (Wildman–Crippen LogP) is 2.24. The molecule has 0 atom stereocenters. The van der Waals surface area contributed by atoms with E-state index < -0.39 is 47.6 Å². The van der Waals surface area contributed by atoms with Crippen molar-refractivity contribution in [3.8, 4) is 5.75 Å². The summed E-state index contributed by atoms with van der Waals surface area (Å²) in [7, 11) is 0.764. The smallest absolute Gasteiger partial charge is 0.465 e. The highest BCUT2D eigenvalue weighted by molar-refractivity contribution is 5.93. The maximum atomic E-state index is 12.8. The van der Waals surface area contributed by atoms with Gasteiger partial charge in [0.1, 0.15) is 0 Å². The van der Waals surface area contributed by atoms with Crippen molar-refractivity contribution in [1.82, 2.24) is 4.98 Å². The van der Waals surface area contributed by atoms with Gasteiger partial charge in [-0.3, -0.25) is 0 Å². The number of esters is 1. The Bertz CT molecular complexity index is 541. The number of nitrogens with zero attached hydrogens (tertiary/aromatic N) is 1. The maximum Gasteiger partial charge on any atom is 0.573 e. The molecular formula is C10H8F6N2O3. The minimum absolute atomic E-state index is 0.199. The number of aromatic nitrogens is 1. The van der Waals surface area contributed by atoms with Crippen LogP contribution in [-0.2, 0) is 17.5 Å². The minimum Gasteiger partial charge on any atom is -0.465 e. The van der Waals surface area contributed by atoms with Crippen LogP contribution in [0.2, 0.25) is 0 Å². The summed E-state index contributed by atoms with van der Waals surface area (Å²) in [4.78, 5) is 14.2. The molecule has 0 aromatic carbocycles. The molecule has 1 aromatic rings. The first-order valence-electron chi connectivity index (χ1n) is 5.14. The molecule has 1 rings (SSSR count). The van der Waals surface area contributed by atoms with Gasteiger partial charge in [-0.25, -0.2) is 9.78 Å². The van der Waals surface area contributed by atoms with E-state index in [-0.39, 0.29) is 6.20 Å². The average Bonchev–Trinajstić information content (AvgIpc) is 2.33. The molecule has 1 aromatic heterocycles. The fourth-order valence-corrected chi connectivity index (χ4v) is 1.48. The van der Waals surface area contributed by atoms with Crippen molar-refractivity contribution in [2.75, 3.05) is 7.11 Å². The zero-order valence-corrected chi connectivity index (χ0v) is 10.3. The Kier molecular flexibility index (Phi) is 4.66. The number of alkyl halides is 6. The number of nitrogens with two attached hydrogens (primary N) is 1. The van der Waals surface area contributed by atoms with Crippen molar-refractivity contribution in [2.45, 2.75) is 19.1 Å². The zero-order chi connectivity index (χ0) is 16.4. The standard InChI is InChI=1S/C10H8F6N2O3/c1-20-8(19)6-4(2-17)5(21-10(14,15)16)3-18-7(6)9(11,12)13/h3H,2,17H2,1H3. The van der Waals surface area contributed by atoms with Crippen LogP contribution in [-0.4, -0.2) is 24.4 Å². The third-order valence-corrected chi connectivity index (χ3v) is 2.23. The molecule has 1 heterocycles. The second kappa shape index (κ2) is 5.76. The van der Waals surface area contributed by atoms with Crippen LogP contribution in [0.15, 0.2) is 6.20 Å². The third kappa shape index (κ3) is 3.97. The molecule has 2 N–H and O–H groups in total. The van der Waals surface area contributed by atoms with E-state index in [0.29, 0.717) is 0 Å². The average molecular weight is 318 g/mol. The lowest BCUT2D eigenvalue weighted by Crippen LogP contribution is -2.24. The van der Waals surface area contributed by atoms with Crippen molar-refractivity contribution in [3.63, 3.8) is 0 Å². The van der Waals surface area contributed by atoms with Crippen molar-refractivity contribution < 1.29 is 40.6 Å². The number of methoxy groups -OCH3 is 1. The molecule has 0 aliphatic carbocycles. The molecule has 0 aliphatic heterocycles. The Hall–Kier alpha value is -2.04. The van der Waals surface area contributed by atoms with Gasteiger partial charge in [0.25, 0.3) is 0 Å². The normalized spacial score (nSPS) is 12.2. The van der Waals surface area contributed by atoms with Crippen molar-refractivity contribution in [3.05, 3.63) is 23.0 Å². The fourth-order valence-electron chi connectivity index (χ4n) is 1.48. The molecule has 0 saturated carbocycles. The largest absolute Gasteiger partial charge is 0.573 e. The summed E-state index contributed by atoms with van der Waals surface area (Å²) < 4.78 is 82.4. The maximum absolute atomic E-state index is 12.8. The molecule has 118 valence electrons. The molecule has 0 spiro atoms. The topological polar surface area (TPSA) is 74.4 Å². The summed E-state index contributed by atoms with van der Waals surface area (Å²) in [5.74, 6) is -2.62. The van der Waals surface area contributed by atoms with Gasteiger partial charge in [-0.05, 0) is 0 Å². The Morgan fingerprint density at radius 1 is 1.29 bits per heavy atom. The summed E-state index contributed by atoms with van der Waals surface area (Å²) in [6.07, 6.45) is -10.1. The van der Waals surface area contributed by atoms with E-state index in [1.807, 2.05) is 0 Å². The first-order chi connectivity index (χ1) is 9.51. The highest BCUT2D eigenvalue weighted by atomic mass is 19.4. The Balaban J connectivity index is 3.58. The number of carbonyl (C=O) groups excluding carboxylic acids is 1. The van der Waals surface area contributed by atoms with Crippen LogP contribution in [0.5, 0.6) is 5.75 Å². The van der Waals surface area contributed by atoms with E-state index in [1.165, 1.54) is 0 Å². The van der Waals surface area contributed by atoms with Crippen LogP contribution in [0.1, 0.15) is 21.6 Å². The molecule has 0 aliphatic rings. The molecule has 0 radical (unpaired) electrons. The highest BCUT2D eigenvalue weighted by Gasteiger charge is 2.41. The van der Waals surface area contributed by atoms with E-state index in [4.69, 9.17) is 5.73 Å². The van der Waals surface area contributed by atoms with E-state index >= 15 is 0 Å². The predicted molar refractivity (Wildman–Crippen MR) is 55.2 cm³/mol. The van der Waals surface area contributed by atoms with Gasteiger partial charge in [-0.2, -0.15) is 13.2 Å². The van der Waals surface area contributed by atoms with Crippen molar-refractivity contribution >= 4 is 5.97 Å². The number of ether oxygens (including phenoxy) is 2. The number of rotatable bonds is 3. The zero-order valence-electron chi connectivity index (χ0n) is 10.3. The van der Waals surface area contributed by atoms with Crippen molar-refractivity contribution in [2.24, 2.45) is 5.73 Å². The van der Waals surface area contributed by atoms with E-state index in [0.717, 1.165) is 7.11 Å². The summed E-state index contributed by atoms with van der Waals surface area (Å²) in [5.41, 5.74) is 1.40. The highest BCUT2D eigenvalue weighted by Crippen LogP contribution is 2.36. The Labute approximate surface area is 113 Å². The summed E-state index contributed by atoms with van der Waals surface area (Å²) >= 11 is 0. The Morgan fingerprint density at radius 2 is 1.86 bits per heavy atom. The molecule has 0 saturated heterocycles. The van der Waals surface area contributed by atoms with Gasteiger partial charge in [0, 0.05) is 12.1 Å². The lowest BCUT2D eigenvalue weighted by molar-refractivity contribution is -0.275. The van der Waals surface area contributed by atoms with E-state index in [2.05, 4.69) is 14.5 Å². The van der Waals surface area contributed by atoms with Gasteiger partial charge in [-0.15, -0.1) is 13.2 Å². The van der Waals surface area contributed by atoms with Gasteiger partial charge in [-0.1, -0.05) is 0 Å². The van der Waals surface area contributed by atoms with Gasteiger partial charge in [0.15, 0.2) is 11.4 Å². The van der Waals surface area contributed by atoms with Crippen LogP contribution < -0.4 is 10.5 Å². The minimum atomic E-state index is -5.18. The quantitative estimate of drug-likeness (QED) is 0.683. The SMILES string of the molecule is COC(=O)c1c(C(F)(F)F)ncc(OC(F)(F)F)c1CN. The lowest BCUT2D eigenvalue weighted by Gasteiger charge is -2.18. The van der Waals surface area contributed by atoms with Crippen LogP contribution >= 0.6 is 0 Å². The molecule has 0 unspecified atom stereocenters. The fraction of sp³-hybridized carbons (Fsp3) is 0.400. The van der Waals surface area contributed by atoms with Crippen LogP contribution in [0, 0.1) is 0 Å². The van der Waals surface area contributed by atoms with E-state index in [1.54, 1.807) is 0 Å². The number of carbonyl (C=O) groups is 1. The monoisotopic (exact) mass is 318 g/mol. The number of hydrogen-bond acceptors (Lipinski definition) is 5. The first kappa shape index (κ1) is 17.0. The molecule has 11 heteroatoms.